The largest absolute Gasteiger partial charge is 0.285 e. The number of hydrazine groups is 2. The summed E-state index contributed by atoms with van der Waals surface area (Å²) in [5.74, 6) is 0.820. The molecule has 1 heterocycles. The highest BCUT2D eigenvalue weighted by Gasteiger charge is 2.15. The molecule has 0 aliphatic carbocycles. The fourth-order valence-corrected chi connectivity index (χ4v) is 1.47. The van der Waals surface area contributed by atoms with Crippen molar-refractivity contribution < 1.29 is 0 Å². The van der Waals surface area contributed by atoms with Gasteiger partial charge in [0.2, 0.25) is 0 Å². The van der Waals surface area contributed by atoms with Crippen molar-refractivity contribution in [1.29, 1.82) is 0 Å². The molecule has 1 aromatic carbocycles. The van der Waals surface area contributed by atoms with E-state index in [2.05, 4.69) is 60.6 Å². The normalized spacial score (nSPS) is 15.5. The number of benzene rings is 1. The molecule has 0 saturated heterocycles. The van der Waals surface area contributed by atoms with E-state index in [0.717, 1.165) is 11.4 Å². The van der Waals surface area contributed by atoms with Crippen molar-refractivity contribution in [2.45, 2.75) is 26.2 Å². The minimum atomic E-state index is 0.163. The molecule has 0 amide bonds. The van der Waals surface area contributed by atoms with Crippen LogP contribution >= 0.6 is 0 Å². The number of amidine groups is 1. The zero-order valence-electron chi connectivity index (χ0n) is 9.26. The van der Waals surface area contributed by atoms with Gasteiger partial charge in [-0.05, 0) is 17.0 Å². The lowest BCUT2D eigenvalue weighted by atomic mass is 9.86. The second-order valence-corrected chi connectivity index (χ2v) is 4.65. The Morgan fingerprint density at radius 3 is 2.60 bits per heavy atom. The quantitative estimate of drug-likeness (QED) is 0.645. The van der Waals surface area contributed by atoms with Gasteiger partial charge in [0.05, 0.1) is 0 Å². The molecule has 1 aromatic rings. The van der Waals surface area contributed by atoms with Crippen molar-refractivity contribution in [2.75, 3.05) is 0 Å². The highest BCUT2D eigenvalue weighted by molar-refractivity contribution is 5.99. The third-order valence-corrected chi connectivity index (χ3v) is 2.41. The number of hydrazone groups is 1. The van der Waals surface area contributed by atoms with Gasteiger partial charge in [0.25, 0.3) is 0 Å². The van der Waals surface area contributed by atoms with Crippen molar-refractivity contribution in [2.24, 2.45) is 5.10 Å². The van der Waals surface area contributed by atoms with Crippen LogP contribution in [-0.2, 0) is 5.41 Å². The average molecular weight is 204 g/mol. The Bertz CT molecular complexity index is 390. The molecule has 0 aromatic heterocycles. The van der Waals surface area contributed by atoms with Crippen LogP contribution in [-0.4, -0.2) is 5.84 Å². The number of rotatable bonds is 1. The Kier molecular flexibility index (Phi) is 2.36. The molecule has 1 aliphatic rings. The summed E-state index contributed by atoms with van der Waals surface area (Å²) >= 11 is 0. The van der Waals surface area contributed by atoms with Gasteiger partial charge in [-0.15, -0.1) is 10.6 Å². The molecule has 80 valence electrons. The fourth-order valence-electron chi connectivity index (χ4n) is 1.47. The molecule has 0 spiro atoms. The van der Waals surface area contributed by atoms with Crippen LogP contribution in [0.15, 0.2) is 29.4 Å². The maximum absolute atomic E-state index is 4.07. The van der Waals surface area contributed by atoms with Gasteiger partial charge < -0.3 is 0 Å². The standard InChI is InChI=1S/C11H16N4/c1-11(2,3)9-6-4-5-8(7-9)10-12-14-15-13-10/h4-7,14-15H,1-3H3,(H,12,13). The molecular weight excluding hydrogens is 188 g/mol. The van der Waals surface area contributed by atoms with E-state index in [1.165, 1.54) is 5.56 Å². The van der Waals surface area contributed by atoms with Crippen molar-refractivity contribution in [3.05, 3.63) is 35.4 Å². The molecule has 4 heteroatoms. The predicted octanol–water partition coefficient (Wildman–Crippen LogP) is 1.26. The SMILES string of the molecule is CC(C)(C)c1cccc(C2=NNNN2)c1. The van der Waals surface area contributed by atoms with Gasteiger partial charge >= 0.3 is 0 Å². The van der Waals surface area contributed by atoms with Gasteiger partial charge in [-0.25, -0.2) is 5.53 Å². The van der Waals surface area contributed by atoms with E-state index in [1.54, 1.807) is 0 Å². The second kappa shape index (κ2) is 3.55. The molecule has 0 saturated carbocycles. The third kappa shape index (κ3) is 2.10. The molecular formula is C11H16N4. The summed E-state index contributed by atoms with van der Waals surface area (Å²) in [6.45, 7) is 6.60. The summed E-state index contributed by atoms with van der Waals surface area (Å²) in [5, 5.41) is 4.07. The topological polar surface area (TPSA) is 48.5 Å². The van der Waals surface area contributed by atoms with Crippen LogP contribution in [0.2, 0.25) is 0 Å². The molecule has 0 radical (unpaired) electrons. The van der Waals surface area contributed by atoms with E-state index in [0.29, 0.717) is 0 Å². The first-order chi connectivity index (χ1) is 7.07. The monoisotopic (exact) mass is 204 g/mol. The lowest BCUT2D eigenvalue weighted by Crippen LogP contribution is -2.35. The first-order valence-corrected chi connectivity index (χ1v) is 5.02. The maximum atomic E-state index is 4.07. The number of nitrogens with one attached hydrogen (secondary N) is 3. The summed E-state index contributed by atoms with van der Waals surface area (Å²) in [7, 11) is 0. The lowest BCUT2D eigenvalue weighted by molar-refractivity contribution is 0.577. The Labute approximate surface area is 89.7 Å². The van der Waals surface area contributed by atoms with Gasteiger partial charge in [0.1, 0.15) is 0 Å². The molecule has 0 fully saturated rings. The van der Waals surface area contributed by atoms with Crippen molar-refractivity contribution >= 4 is 5.84 Å². The number of nitrogens with zero attached hydrogens (tertiary/aromatic N) is 1. The highest BCUT2D eigenvalue weighted by Crippen LogP contribution is 2.22. The maximum Gasteiger partial charge on any atom is 0.170 e. The Balaban J connectivity index is 2.34. The predicted molar refractivity (Wildman–Crippen MR) is 61.1 cm³/mol. The Morgan fingerprint density at radius 2 is 2.00 bits per heavy atom. The molecule has 0 atom stereocenters. The van der Waals surface area contributed by atoms with Crippen LogP contribution in [0.1, 0.15) is 31.9 Å². The first-order valence-electron chi connectivity index (χ1n) is 5.02. The van der Waals surface area contributed by atoms with Crippen LogP contribution in [0.4, 0.5) is 0 Å². The van der Waals surface area contributed by atoms with Crippen molar-refractivity contribution in [1.82, 2.24) is 16.5 Å². The number of hydrogen-bond acceptors (Lipinski definition) is 4. The van der Waals surface area contributed by atoms with Crippen LogP contribution in [0.25, 0.3) is 0 Å². The van der Waals surface area contributed by atoms with Gasteiger partial charge in [0.15, 0.2) is 5.84 Å². The van der Waals surface area contributed by atoms with E-state index >= 15 is 0 Å². The molecule has 1 aliphatic heterocycles. The van der Waals surface area contributed by atoms with Crippen LogP contribution in [0, 0.1) is 0 Å². The lowest BCUT2D eigenvalue weighted by Gasteiger charge is -2.19. The van der Waals surface area contributed by atoms with E-state index in [9.17, 15) is 0 Å². The van der Waals surface area contributed by atoms with Crippen LogP contribution in [0.5, 0.6) is 0 Å². The van der Waals surface area contributed by atoms with Crippen molar-refractivity contribution in [3.63, 3.8) is 0 Å². The van der Waals surface area contributed by atoms with Gasteiger partial charge in [-0.2, -0.15) is 0 Å². The summed E-state index contributed by atoms with van der Waals surface area (Å²) in [6, 6.07) is 8.38. The average Bonchev–Trinajstić information content (AvgIpc) is 2.69. The van der Waals surface area contributed by atoms with E-state index in [1.807, 2.05) is 6.07 Å². The zero-order chi connectivity index (χ0) is 10.9. The fraction of sp³-hybridized carbons (Fsp3) is 0.364. The third-order valence-electron chi connectivity index (χ3n) is 2.41. The Hall–Kier alpha value is -1.55. The molecule has 0 unspecified atom stereocenters. The zero-order valence-corrected chi connectivity index (χ0v) is 9.26. The minimum absolute atomic E-state index is 0.163. The summed E-state index contributed by atoms with van der Waals surface area (Å²) in [6.07, 6.45) is 0. The van der Waals surface area contributed by atoms with Crippen molar-refractivity contribution in [3.8, 4) is 0 Å². The minimum Gasteiger partial charge on any atom is -0.285 e. The Morgan fingerprint density at radius 1 is 1.20 bits per heavy atom. The van der Waals surface area contributed by atoms with Gasteiger partial charge in [-0.1, -0.05) is 39.0 Å². The molecule has 4 nitrogen and oxygen atoms in total. The number of hydrogen-bond donors (Lipinski definition) is 3. The van der Waals surface area contributed by atoms with Gasteiger partial charge in [0, 0.05) is 5.56 Å². The summed E-state index contributed by atoms with van der Waals surface area (Å²) < 4.78 is 0. The smallest absolute Gasteiger partial charge is 0.170 e. The second-order valence-electron chi connectivity index (χ2n) is 4.65. The van der Waals surface area contributed by atoms with Crippen LogP contribution < -0.4 is 16.5 Å². The van der Waals surface area contributed by atoms with E-state index < -0.39 is 0 Å². The molecule has 15 heavy (non-hydrogen) atoms. The molecule has 0 bridgehead atoms. The van der Waals surface area contributed by atoms with E-state index in [4.69, 9.17) is 0 Å². The summed E-state index contributed by atoms with van der Waals surface area (Å²) in [4.78, 5) is 0. The molecule has 3 N–H and O–H groups in total. The van der Waals surface area contributed by atoms with Crippen LogP contribution in [0.3, 0.4) is 0 Å². The molecule has 2 rings (SSSR count). The summed E-state index contributed by atoms with van der Waals surface area (Å²) in [5.41, 5.74) is 10.9. The first kappa shape index (κ1) is 9.98. The van der Waals surface area contributed by atoms with E-state index in [-0.39, 0.29) is 5.41 Å². The highest BCUT2D eigenvalue weighted by atomic mass is 15.8. The van der Waals surface area contributed by atoms with Gasteiger partial charge in [-0.3, -0.25) is 5.43 Å².